The fourth-order valence-electron chi connectivity index (χ4n) is 1.61. The molecule has 0 unspecified atom stereocenters. The van der Waals surface area contributed by atoms with E-state index in [0.717, 1.165) is 24.5 Å². The average Bonchev–Trinajstić information content (AvgIpc) is 2.76. The Bertz CT molecular complexity index is 423. The Morgan fingerprint density at radius 2 is 2.00 bits per heavy atom. The second-order valence-corrected chi connectivity index (χ2v) is 3.74. The highest BCUT2D eigenvalue weighted by Gasteiger charge is 2.02. The molecule has 16 heavy (non-hydrogen) atoms. The van der Waals surface area contributed by atoms with Crippen LogP contribution in [0.25, 0.3) is 0 Å². The number of hydrogen-bond donors (Lipinski definition) is 1. The van der Waals surface area contributed by atoms with E-state index in [2.05, 4.69) is 34.6 Å². The highest BCUT2D eigenvalue weighted by atomic mass is 16.4. The maximum atomic E-state index is 5.57. The summed E-state index contributed by atoms with van der Waals surface area (Å²) in [5.41, 5.74) is 1.33. The minimum Gasteiger partial charge on any atom is -0.444 e. The van der Waals surface area contributed by atoms with Gasteiger partial charge in [0.15, 0.2) is 0 Å². The fourth-order valence-corrected chi connectivity index (χ4v) is 1.61. The molecule has 0 spiro atoms. The fraction of sp³-hybridized carbons (Fsp3) is 0.308. The first-order chi connectivity index (χ1) is 7.88. The summed E-state index contributed by atoms with van der Waals surface area (Å²) < 4.78 is 5.57. The van der Waals surface area contributed by atoms with Crippen LogP contribution >= 0.6 is 0 Å². The van der Waals surface area contributed by atoms with E-state index in [4.69, 9.17) is 4.42 Å². The highest BCUT2D eigenvalue weighted by molar-refractivity contribution is 5.15. The van der Waals surface area contributed by atoms with Crippen LogP contribution in [0.5, 0.6) is 0 Å². The highest BCUT2D eigenvalue weighted by Crippen LogP contribution is 2.08. The van der Waals surface area contributed by atoms with Crippen LogP contribution in [0.4, 0.5) is 0 Å². The van der Waals surface area contributed by atoms with Gasteiger partial charge in [0.05, 0.1) is 12.7 Å². The van der Waals surface area contributed by atoms with Crippen molar-refractivity contribution in [3.05, 3.63) is 53.7 Å². The van der Waals surface area contributed by atoms with E-state index in [1.54, 1.807) is 0 Å². The van der Waals surface area contributed by atoms with Gasteiger partial charge in [0, 0.05) is 6.42 Å². The van der Waals surface area contributed by atoms with Crippen LogP contribution in [0.15, 0.2) is 40.9 Å². The Hall–Kier alpha value is -1.61. The molecule has 3 heteroatoms. The molecule has 1 aromatic heterocycles. The first-order valence-corrected chi connectivity index (χ1v) is 5.50. The summed E-state index contributed by atoms with van der Waals surface area (Å²) in [6, 6.07) is 10.4. The van der Waals surface area contributed by atoms with Crippen molar-refractivity contribution in [2.45, 2.75) is 19.4 Å². The molecule has 0 aliphatic rings. The minimum atomic E-state index is 0.686. The van der Waals surface area contributed by atoms with Gasteiger partial charge in [0.1, 0.15) is 5.76 Å². The van der Waals surface area contributed by atoms with Crippen molar-refractivity contribution in [1.82, 2.24) is 10.3 Å². The van der Waals surface area contributed by atoms with E-state index in [1.807, 2.05) is 19.3 Å². The molecule has 0 saturated heterocycles. The Kier molecular flexibility index (Phi) is 3.72. The average molecular weight is 216 g/mol. The maximum Gasteiger partial charge on any atom is 0.208 e. The van der Waals surface area contributed by atoms with E-state index < -0.39 is 0 Å². The lowest BCUT2D eigenvalue weighted by atomic mass is 10.1. The van der Waals surface area contributed by atoms with E-state index in [9.17, 15) is 0 Å². The zero-order chi connectivity index (χ0) is 11.2. The van der Waals surface area contributed by atoms with Gasteiger partial charge in [-0.2, -0.15) is 0 Å². The molecule has 1 heterocycles. The molecule has 0 amide bonds. The molecule has 0 fully saturated rings. The molecule has 0 bridgehead atoms. The van der Waals surface area contributed by atoms with Crippen molar-refractivity contribution in [3.63, 3.8) is 0 Å². The molecule has 0 aliphatic heterocycles. The van der Waals surface area contributed by atoms with Crippen molar-refractivity contribution in [2.24, 2.45) is 0 Å². The van der Waals surface area contributed by atoms with Crippen LogP contribution in [0.1, 0.15) is 17.2 Å². The zero-order valence-corrected chi connectivity index (χ0v) is 9.44. The Morgan fingerprint density at radius 3 is 2.75 bits per heavy atom. The van der Waals surface area contributed by atoms with E-state index in [1.165, 1.54) is 5.56 Å². The number of aromatic nitrogens is 1. The van der Waals surface area contributed by atoms with Gasteiger partial charge in [-0.1, -0.05) is 30.3 Å². The van der Waals surface area contributed by atoms with Gasteiger partial charge >= 0.3 is 0 Å². The summed E-state index contributed by atoms with van der Waals surface area (Å²) in [6.45, 7) is 0.686. The van der Waals surface area contributed by atoms with Crippen molar-refractivity contribution >= 4 is 0 Å². The van der Waals surface area contributed by atoms with Gasteiger partial charge in [-0.05, 0) is 19.0 Å². The lowest BCUT2D eigenvalue weighted by molar-refractivity contribution is 0.443. The quantitative estimate of drug-likeness (QED) is 0.832. The smallest absolute Gasteiger partial charge is 0.208 e. The third-order valence-electron chi connectivity index (χ3n) is 2.43. The van der Waals surface area contributed by atoms with Crippen LogP contribution in [-0.2, 0) is 19.4 Å². The van der Waals surface area contributed by atoms with Gasteiger partial charge in [0.2, 0.25) is 5.89 Å². The van der Waals surface area contributed by atoms with Gasteiger partial charge in [0.25, 0.3) is 0 Å². The molecule has 3 nitrogen and oxygen atoms in total. The topological polar surface area (TPSA) is 38.1 Å². The zero-order valence-electron chi connectivity index (χ0n) is 9.44. The first kappa shape index (κ1) is 10.9. The number of rotatable bonds is 5. The first-order valence-electron chi connectivity index (χ1n) is 5.50. The summed E-state index contributed by atoms with van der Waals surface area (Å²) in [6.07, 6.45) is 3.71. The van der Waals surface area contributed by atoms with Gasteiger partial charge in [-0.25, -0.2) is 4.98 Å². The van der Waals surface area contributed by atoms with Crippen LogP contribution < -0.4 is 5.32 Å². The van der Waals surface area contributed by atoms with Gasteiger partial charge in [-0.3, -0.25) is 0 Å². The molecule has 84 valence electrons. The van der Waals surface area contributed by atoms with E-state index in [0.29, 0.717) is 6.54 Å². The summed E-state index contributed by atoms with van der Waals surface area (Å²) in [7, 11) is 1.88. The third-order valence-corrected chi connectivity index (χ3v) is 2.43. The van der Waals surface area contributed by atoms with Crippen LogP contribution in [0, 0.1) is 0 Å². The molecule has 1 aromatic carbocycles. The van der Waals surface area contributed by atoms with Crippen molar-refractivity contribution < 1.29 is 4.42 Å². The molecule has 1 N–H and O–H groups in total. The van der Waals surface area contributed by atoms with Gasteiger partial charge in [-0.15, -0.1) is 0 Å². The maximum absolute atomic E-state index is 5.57. The molecular weight excluding hydrogens is 200 g/mol. The molecular formula is C13H16N2O. The van der Waals surface area contributed by atoms with Crippen molar-refractivity contribution in [3.8, 4) is 0 Å². The van der Waals surface area contributed by atoms with Crippen LogP contribution in [0.2, 0.25) is 0 Å². The number of nitrogens with zero attached hydrogens (tertiary/aromatic N) is 1. The van der Waals surface area contributed by atoms with Crippen molar-refractivity contribution in [2.75, 3.05) is 7.05 Å². The number of hydrogen-bond acceptors (Lipinski definition) is 3. The molecule has 2 aromatic rings. The van der Waals surface area contributed by atoms with Crippen LogP contribution in [0.3, 0.4) is 0 Å². The number of benzene rings is 1. The Morgan fingerprint density at radius 1 is 1.19 bits per heavy atom. The predicted octanol–water partition coefficient (Wildman–Crippen LogP) is 2.18. The Balaban J connectivity index is 1.89. The molecule has 0 atom stereocenters. The number of aryl methyl sites for hydroxylation is 2. The molecule has 2 rings (SSSR count). The molecule has 0 aliphatic carbocycles. The monoisotopic (exact) mass is 216 g/mol. The standard InChI is InChI=1S/C13H16N2O/c1-14-10-13-15-9-12(16-13)8-7-11-5-3-2-4-6-11/h2-6,9,14H,7-8,10H2,1H3. The molecule has 0 radical (unpaired) electrons. The normalized spacial score (nSPS) is 10.6. The largest absolute Gasteiger partial charge is 0.444 e. The SMILES string of the molecule is CNCc1ncc(CCc2ccccc2)o1. The molecule has 0 saturated carbocycles. The van der Waals surface area contributed by atoms with Crippen molar-refractivity contribution in [1.29, 1.82) is 0 Å². The summed E-state index contributed by atoms with van der Waals surface area (Å²) in [5, 5.41) is 3.01. The summed E-state index contributed by atoms with van der Waals surface area (Å²) in [5.74, 6) is 1.71. The van der Waals surface area contributed by atoms with E-state index >= 15 is 0 Å². The lowest BCUT2D eigenvalue weighted by Gasteiger charge is -1.98. The minimum absolute atomic E-state index is 0.686. The third kappa shape index (κ3) is 2.94. The lowest BCUT2D eigenvalue weighted by Crippen LogP contribution is -2.04. The number of nitrogens with one attached hydrogen (secondary N) is 1. The summed E-state index contributed by atoms with van der Waals surface area (Å²) >= 11 is 0. The second-order valence-electron chi connectivity index (χ2n) is 3.74. The second kappa shape index (κ2) is 5.47. The Labute approximate surface area is 95.5 Å². The van der Waals surface area contributed by atoms with E-state index in [-0.39, 0.29) is 0 Å². The number of oxazole rings is 1. The predicted molar refractivity (Wildman–Crippen MR) is 63.1 cm³/mol. The summed E-state index contributed by atoms with van der Waals surface area (Å²) in [4.78, 5) is 4.19. The van der Waals surface area contributed by atoms with Crippen LogP contribution in [-0.4, -0.2) is 12.0 Å². The van der Waals surface area contributed by atoms with Gasteiger partial charge < -0.3 is 9.73 Å².